The van der Waals surface area contributed by atoms with Crippen LogP contribution in [0.4, 0.5) is 5.69 Å². The van der Waals surface area contributed by atoms with Gasteiger partial charge in [-0.2, -0.15) is 15.6 Å². The van der Waals surface area contributed by atoms with Gasteiger partial charge in [0.1, 0.15) is 17.9 Å². The summed E-state index contributed by atoms with van der Waals surface area (Å²) in [4.78, 5) is 11.4. The topological polar surface area (TPSA) is 111 Å². The fourth-order valence-electron chi connectivity index (χ4n) is 1.68. The van der Waals surface area contributed by atoms with Gasteiger partial charge < -0.3 is 9.15 Å². The molecule has 0 fully saturated rings. The average molecular weight is 294 g/mol. The first-order valence-corrected chi connectivity index (χ1v) is 6.11. The summed E-state index contributed by atoms with van der Waals surface area (Å²) in [5, 5.41) is 21.0. The maximum absolute atomic E-state index is 11.4. The summed E-state index contributed by atoms with van der Waals surface area (Å²) in [7, 11) is 1.26. The van der Waals surface area contributed by atoms with Gasteiger partial charge in [-0.05, 0) is 24.3 Å². The molecule has 2 rings (SSSR count). The van der Waals surface area contributed by atoms with E-state index in [1.54, 1.807) is 42.5 Å². The number of nitrogens with one attached hydrogen (secondary N) is 1. The molecule has 0 amide bonds. The lowest BCUT2D eigenvalue weighted by atomic mass is 10.1. The normalized spacial score (nSPS) is 9.23. The number of carbonyl (C=O) groups is 1. The fourth-order valence-corrected chi connectivity index (χ4v) is 1.68. The number of hydrazone groups is 1. The van der Waals surface area contributed by atoms with Crippen molar-refractivity contribution in [1.29, 1.82) is 10.5 Å². The number of nitrogens with zero attached hydrogens (tertiary/aromatic N) is 3. The van der Waals surface area contributed by atoms with Gasteiger partial charge in [0.2, 0.25) is 11.5 Å². The number of hydrogen-bond donors (Lipinski definition) is 1. The zero-order chi connectivity index (χ0) is 15.9. The third kappa shape index (κ3) is 3.11. The number of nitriles is 2. The first kappa shape index (κ1) is 14.8. The Morgan fingerprint density at radius 1 is 1.23 bits per heavy atom. The Labute approximate surface area is 126 Å². The zero-order valence-electron chi connectivity index (χ0n) is 11.5. The summed E-state index contributed by atoms with van der Waals surface area (Å²) in [6, 6.07) is 13.4. The van der Waals surface area contributed by atoms with E-state index in [0.29, 0.717) is 17.0 Å². The van der Waals surface area contributed by atoms with Gasteiger partial charge in [-0.25, -0.2) is 4.79 Å². The van der Waals surface area contributed by atoms with E-state index in [9.17, 15) is 4.79 Å². The molecule has 0 saturated carbocycles. The van der Waals surface area contributed by atoms with E-state index in [0.717, 1.165) is 0 Å². The second kappa shape index (κ2) is 6.73. The molecule has 0 aliphatic carbocycles. The molecule has 0 saturated heterocycles. The Balaban J connectivity index is 2.35. The van der Waals surface area contributed by atoms with E-state index < -0.39 is 5.97 Å². The summed E-state index contributed by atoms with van der Waals surface area (Å²) in [5.74, 6) is -0.0781. The molecule has 0 aliphatic rings. The Morgan fingerprint density at radius 2 is 1.95 bits per heavy atom. The molecule has 1 heterocycles. The van der Waals surface area contributed by atoms with Gasteiger partial charge in [-0.1, -0.05) is 12.1 Å². The molecule has 0 atom stereocenters. The van der Waals surface area contributed by atoms with Crippen LogP contribution in [-0.2, 0) is 4.74 Å². The van der Waals surface area contributed by atoms with Crippen molar-refractivity contribution in [2.75, 3.05) is 12.5 Å². The quantitative estimate of drug-likeness (QED) is 0.527. The van der Waals surface area contributed by atoms with Crippen LogP contribution >= 0.6 is 0 Å². The minimum absolute atomic E-state index is 0.0746. The highest BCUT2D eigenvalue weighted by atomic mass is 16.5. The highest BCUT2D eigenvalue weighted by Crippen LogP contribution is 2.29. The van der Waals surface area contributed by atoms with Gasteiger partial charge in [-0.15, -0.1) is 0 Å². The first-order valence-electron chi connectivity index (χ1n) is 6.11. The summed E-state index contributed by atoms with van der Waals surface area (Å²) in [6.45, 7) is 0. The van der Waals surface area contributed by atoms with Gasteiger partial charge >= 0.3 is 5.97 Å². The predicted molar refractivity (Wildman–Crippen MR) is 77.8 cm³/mol. The van der Waals surface area contributed by atoms with Gasteiger partial charge in [0.05, 0.1) is 12.8 Å². The van der Waals surface area contributed by atoms with Crippen LogP contribution < -0.4 is 5.43 Å². The molecule has 1 aromatic heterocycles. The van der Waals surface area contributed by atoms with Crippen LogP contribution in [0.5, 0.6) is 0 Å². The van der Waals surface area contributed by atoms with Crippen molar-refractivity contribution in [3.8, 4) is 23.5 Å². The number of anilines is 1. The third-order valence-electron chi connectivity index (χ3n) is 2.69. The van der Waals surface area contributed by atoms with Crippen molar-refractivity contribution in [2.45, 2.75) is 0 Å². The number of ether oxygens (including phenoxy) is 1. The predicted octanol–water partition coefficient (Wildman–Crippen LogP) is 2.55. The van der Waals surface area contributed by atoms with Gasteiger partial charge in [0.15, 0.2) is 0 Å². The lowest BCUT2D eigenvalue weighted by Gasteiger charge is -2.06. The Morgan fingerprint density at radius 3 is 2.64 bits per heavy atom. The molecule has 1 N–H and O–H groups in total. The molecule has 108 valence electrons. The monoisotopic (exact) mass is 294 g/mol. The smallest absolute Gasteiger partial charge is 0.373 e. The standard InChI is InChI=1S/C15H10N4O3/c1-21-15(20)14-7-6-13(22-14)11-4-2-3-5-12(11)19-18-10(8-16)9-17/h2-7,19H,1H3. The van der Waals surface area contributed by atoms with Crippen molar-refractivity contribution >= 4 is 17.4 Å². The first-order chi connectivity index (χ1) is 10.7. The molecule has 0 spiro atoms. The van der Waals surface area contributed by atoms with Crippen LogP contribution in [0.1, 0.15) is 10.6 Å². The Hall–Kier alpha value is -3.58. The number of hydrogen-bond acceptors (Lipinski definition) is 7. The minimum atomic E-state index is -0.578. The van der Waals surface area contributed by atoms with Crippen LogP contribution in [0.2, 0.25) is 0 Å². The highest BCUT2D eigenvalue weighted by molar-refractivity contribution is 6.10. The van der Waals surface area contributed by atoms with E-state index in [1.165, 1.54) is 13.2 Å². The van der Waals surface area contributed by atoms with Gasteiger partial charge in [0, 0.05) is 5.56 Å². The van der Waals surface area contributed by atoms with Gasteiger partial charge in [0.25, 0.3) is 0 Å². The van der Waals surface area contributed by atoms with Crippen LogP contribution in [0.25, 0.3) is 11.3 Å². The molecular formula is C15H10N4O3. The van der Waals surface area contributed by atoms with Crippen LogP contribution in [-0.4, -0.2) is 18.8 Å². The molecule has 7 nitrogen and oxygen atoms in total. The molecular weight excluding hydrogens is 284 g/mol. The number of rotatable bonds is 4. The van der Waals surface area contributed by atoms with Crippen molar-refractivity contribution in [1.82, 2.24) is 0 Å². The van der Waals surface area contributed by atoms with Gasteiger partial charge in [-0.3, -0.25) is 5.43 Å². The number of carbonyl (C=O) groups excluding carboxylic acids is 1. The Bertz CT molecular complexity index is 793. The van der Waals surface area contributed by atoms with Crippen molar-refractivity contribution in [3.05, 3.63) is 42.2 Å². The van der Waals surface area contributed by atoms with Crippen LogP contribution in [0.3, 0.4) is 0 Å². The third-order valence-corrected chi connectivity index (χ3v) is 2.69. The van der Waals surface area contributed by atoms with Crippen LogP contribution in [0.15, 0.2) is 45.9 Å². The van der Waals surface area contributed by atoms with Crippen molar-refractivity contribution < 1.29 is 13.9 Å². The number of para-hydroxylation sites is 1. The molecule has 0 bridgehead atoms. The molecule has 0 aliphatic heterocycles. The number of methoxy groups -OCH3 is 1. The van der Waals surface area contributed by atoms with E-state index in [1.807, 2.05) is 0 Å². The number of esters is 1. The molecule has 0 unspecified atom stereocenters. The summed E-state index contributed by atoms with van der Waals surface area (Å²) in [6.07, 6.45) is 0. The van der Waals surface area contributed by atoms with Crippen molar-refractivity contribution in [2.24, 2.45) is 5.10 Å². The lowest BCUT2D eigenvalue weighted by molar-refractivity contribution is 0.0566. The maximum Gasteiger partial charge on any atom is 0.373 e. The number of benzene rings is 1. The summed E-state index contributed by atoms with van der Waals surface area (Å²) >= 11 is 0. The Kier molecular flexibility index (Phi) is 4.53. The van der Waals surface area contributed by atoms with E-state index in [2.05, 4.69) is 15.3 Å². The number of furan rings is 1. The van der Waals surface area contributed by atoms with Crippen molar-refractivity contribution in [3.63, 3.8) is 0 Å². The largest absolute Gasteiger partial charge is 0.463 e. The molecule has 0 radical (unpaired) electrons. The van der Waals surface area contributed by atoms with E-state index in [4.69, 9.17) is 14.9 Å². The molecule has 2 aromatic rings. The zero-order valence-corrected chi connectivity index (χ0v) is 11.5. The van der Waals surface area contributed by atoms with E-state index >= 15 is 0 Å². The minimum Gasteiger partial charge on any atom is -0.463 e. The maximum atomic E-state index is 11.4. The fraction of sp³-hybridized carbons (Fsp3) is 0.0667. The molecule has 22 heavy (non-hydrogen) atoms. The second-order valence-corrected chi connectivity index (χ2v) is 4.00. The molecule has 1 aromatic carbocycles. The molecule has 7 heteroatoms. The lowest BCUT2D eigenvalue weighted by Crippen LogP contribution is -1.98. The SMILES string of the molecule is COC(=O)c1ccc(-c2ccccc2NN=C(C#N)C#N)o1. The highest BCUT2D eigenvalue weighted by Gasteiger charge is 2.14. The summed E-state index contributed by atoms with van der Waals surface area (Å²) < 4.78 is 10.0. The second-order valence-electron chi connectivity index (χ2n) is 4.00. The average Bonchev–Trinajstić information content (AvgIpc) is 3.05. The van der Waals surface area contributed by atoms with Crippen LogP contribution in [0, 0.1) is 22.7 Å². The summed E-state index contributed by atoms with van der Waals surface area (Å²) in [5.41, 5.74) is 3.48. The van der Waals surface area contributed by atoms with E-state index in [-0.39, 0.29) is 11.5 Å².